The van der Waals surface area contributed by atoms with Gasteiger partial charge < -0.3 is 9.32 Å². The summed E-state index contributed by atoms with van der Waals surface area (Å²) in [5, 5.41) is 0. The quantitative estimate of drug-likeness (QED) is 0.860. The Hall–Kier alpha value is -2.14. The molecule has 0 spiro atoms. The molecular formula is C20H25N3O2. The van der Waals surface area contributed by atoms with Gasteiger partial charge in [0, 0.05) is 37.8 Å². The van der Waals surface area contributed by atoms with E-state index in [1.54, 1.807) is 0 Å². The highest BCUT2D eigenvalue weighted by Crippen LogP contribution is 2.26. The van der Waals surface area contributed by atoms with Crippen molar-refractivity contribution in [1.82, 2.24) is 14.8 Å². The molecule has 132 valence electrons. The molecule has 1 aromatic heterocycles. The molecule has 1 saturated heterocycles. The summed E-state index contributed by atoms with van der Waals surface area (Å²) in [5.41, 5.74) is 1.32. The summed E-state index contributed by atoms with van der Waals surface area (Å²) in [6.45, 7) is 3.48. The first-order valence-electron chi connectivity index (χ1n) is 9.35. The van der Waals surface area contributed by atoms with Gasteiger partial charge in [-0.15, -0.1) is 0 Å². The van der Waals surface area contributed by atoms with Crippen LogP contribution in [-0.2, 0) is 0 Å². The normalized spacial score (nSPS) is 19.9. The Kier molecular flexibility index (Phi) is 4.83. The molecule has 25 heavy (non-hydrogen) atoms. The zero-order valence-corrected chi connectivity index (χ0v) is 14.6. The predicted molar refractivity (Wildman–Crippen MR) is 96.3 cm³/mol. The first-order chi connectivity index (χ1) is 12.3. The number of aromatic nitrogens is 1. The van der Waals surface area contributed by atoms with E-state index >= 15 is 0 Å². The predicted octanol–water partition coefficient (Wildman–Crippen LogP) is 3.43. The van der Waals surface area contributed by atoms with Crippen molar-refractivity contribution >= 4 is 5.91 Å². The fourth-order valence-electron chi connectivity index (χ4n) is 4.08. The van der Waals surface area contributed by atoms with Crippen molar-refractivity contribution in [2.75, 3.05) is 26.2 Å². The minimum Gasteiger partial charge on any atom is -0.443 e. The van der Waals surface area contributed by atoms with Gasteiger partial charge in [0.1, 0.15) is 0 Å². The molecule has 4 rings (SSSR count). The van der Waals surface area contributed by atoms with Crippen molar-refractivity contribution in [2.45, 2.75) is 38.1 Å². The van der Waals surface area contributed by atoms with Crippen LogP contribution in [0.4, 0.5) is 0 Å². The van der Waals surface area contributed by atoms with Crippen LogP contribution in [0.15, 0.2) is 41.1 Å². The number of carbonyl (C=O) groups excluding carboxylic acids is 1. The van der Waals surface area contributed by atoms with Gasteiger partial charge in [-0.3, -0.25) is 9.69 Å². The highest BCUT2D eigenvalue weighted by atomic mass is 16.3. The van der Waals surface area contributed by atoms with E-state index in [2.05, 4.69) is 9.88 Å². The maximum Gasteiger partial charge on any atom is 0.276 e. The van der Waals surface area contributed by atoms with E-state index in [4.69, 9.17) is 4.42 Å². The van der Waals surface area contributed by atoms with Crippen LogP contribution in [0.2, 0.25) is 0 Å². The second-order valence-electron chi connectivity index (χ2n) is 7.02. The maximum absolute atomic E-state index is 12.9. The van der Waals surface area contributed by atoms with E-state index in [1.165, 1.54) is 38.5 Å². The third-order valence-corrected chi connectivity index (χ3v) is 5.50. The number of carbonyl (C=O) groups is 1. The summed E-state index contributed by atoms with van der Waals surface area (Å²) >= 11 is 0. The van der Waals surface area contributed by atoms with Crippen molar-refractivity contribution < 1.29 is 9.21 Å². The van der Waals surface area contributed by atoms with Crippen LogP contribution in [-0.4, -0.2) is 52.9 Å². The SMILES string of the molecule is O=C(c1ncoc1-c1ccccc1)N1CCN(C2CCCCC2)CC1. The van der Waals surface area contributed by atoms with Crippen molar-refractivity contribution in [2.24, 2.45) is 0 Å². The molecule has 2 aliphatic rings. The van der Waals surface area contributed by atoms with Gasteiger partial charge in [-0.1, -0.05) is 49.6 Å². The molecule has 0 N–H and O–H groups in total. The minimum absolute atomic E-state index is 0.0177. The van der Waals surface area contributed by atoms with Gasteiger partial charge >= 0.3 is 0 Å². The fraction of sp³-hybridized carbons (Fsp3) is 0.500. The molecule has 1 amide bonds. The summed E-state index contributed by atoms with van der Waals surface area (Å²) in [6, 6.07) is 10.4. The van der Waals surface area contributed by atoms with Crippen LogP contribution in [0.25, 0.3) is 11.3 Å². The lowest BCUT2D eigenvalue weighted by molar-refractivity contribution is 0.0519. The first kappa shape index (κ1) is 16.3. The summed E-state index contributed by atoms with van der Waals surface area (Å²) < 4.78 is 5.51. The van der Waals surface area contributed by atoms with Crippen molar-refractivity contribution in [3.05, 3.63) is 42.4 Å². The monoisotopic (exact) mass is 339 g/mol. The molecule has 0 radical (unpaired) electrons. The topological polar surface area (TPSA) is 49.6 Å². The fourth-order valence-corrected chi connectivity index (χ4v) is 4.08. The Morgan fingerprint density at radius 1 is 1.00 bits per heavy atom. The van der Waals surface area contributed by atoms with Crippen LogP contribution in [0, 0.1) is 0 Å². The lowest BCUT2D eigenvalue weighted by Gasteiger charge is -2.40. The van der Waals surface area contributed by atoms with E-state index in [0.717, 1.165) is 37.8 Å². The smallest absolute Gasteiger partial charge is 0.276 e. The van der Waals surface area contributed by atoms with E-state index in [0.29, 0.717) is 11.5 Å². The molecule has 1 saturated carbocycles. The van der Waals surface area contributed by atoms with Gasteiger partial charge in [0.25, 0.3) is 5.91 Å². The molecule has 1 aliphatic carbocycles. The lowest BCUT2D eigenvalue weighted by atomic mass is 9.94. The van der Waals surface area contributed by atoms with E-state index in [-0.39, 0.29) is 5.91 Å². The third-order valence-electron chi connectivity index (χ3n) is 5.50. The van der Waals surface area contributed by atoms with Gasteiger partial charge in [0.2, 0.25) is 0 Å². The molecule has 0 bridgehead atoms. The van der Waals surface area contributed by atoms with Gasteiger partial charge in [-0.2, -0.15) is 0 Å². The standard InChI is InChI=1S/C20H25N3O2/c24-20(18-19(25-15-21-18)16-7-3-1-4-8-16)23-13-11-22(12-14-23)17-9-5-2-6-10-17/h1,3-4,7-8,15,17H,2,5-6,9-14H2. The van der Waals surface area contributed by atoms with Crippen LogP contribution in [0.5, 0.6) is 0 Å². The van der Waals surface area contributed by atoms with Crippen molar-refractivity contribution in [1.29, 1.82) is 0 Å². The van der Waals surface area contributed by atoms with Crippen LogP contribution in [0.3, 0.4) is 0 Å². The summed E-state index contributed by atoms with van der Waals surface area (Å²) in [4.78, 5) is 21.6. The molecule has 1 aromatic carbocycles. The number of nitrogens with zero attached hydrogens (tertiary/aromatic N) is 3. The average Bonchev–Trinajstić information content (AvgIpc) is 3.19. The zero-order chi connectivity index (χ0) is 17.1. The highest BCUT2D eigenvalue weighted by Gasteiger charge is 2.29. The molecule has 0 unspecified atom stereocenters. The van der Waals surface area contributed by atoms with Gasteiger partial charge in [-0.05, 0) is 12.8 Å². The summed E-state index contributed by atoms with van der Waals surface area (Å²) in [6.07, 6.45) is 8.08. The lowest BCUT2D eigenvalue weighted by Crippen LogP contribution is -2.52. The average molecular weight is 339 g/mol. The highest BCUT2D eigenvalue weighted by molar-refractivity contribution is 5.97. The maximum atomic E-state index is 12.9. The summed E-state index contributed by atoms with van der Waals surface area (Å²) in [5.74, 6) is 0.552. The van der Waals surface area contributed by atoms with Gasteiger partial charge in [0.05, 0.1) is 0 Å². The second kappa shape index (κ2) is 7.40. The van der Waals surface area contributed by atoms with Crippen LogP contribution >= 0.6 is 0 Å². The molecule has 1 aliphatic heterocycles. The molecule has 2 aromatic rings. The number of rotatable bonds is 3. The largest absolute Gasteiger partial charge is 0.443 e. The van der Waals surface area contributed by atoms with E-state index < -0.39 is 0 Å². The minimum atomic E-state index is -0.0177. The number of amides is 1. The molecule has 2 fully saturated rings. The Morgan fingerprint density at radius 2 is 1.72 bits per heavy atom. The van der Waals surface area contributed by atoms with E-state index in [1.807, 2.05) is 35.2 Å². The van der Waals surface area contributed by atoms with Crippen LogP contribution in [0.1, 0.15) is 42.6 Å². The molecular weight excluding hydrogens is 314 g/mol. The zero-order valence-electron chi connectivity index (χ0n) is 14.6. The van der Waals surface area contributed by atoms with Crippen molar-refractivity contribution in [3.8, 4) is 11.3 Å². The first-order valence-corrected chi connectivity index (χ1v) is 9.35. The molecule has 0 atom stereocenters. The number of piperazine rings is 1. The molecule has 5 heteroatoms. The Morgan fingerprint density at radius 3 is 2.44 bits per heavy atom. The Labute approximate surface area is 148 Å². The number of oxazole rings is 1. The summed E-state index contributed by atoms with van der Waals surface area (Å²) in [7, 11) is 0. The Bertz CT molecular complexity index is 699. The number of hydrogen-bond acceptors (Lipinski definition) is 4. The number of benzene rings is 1. The molecule has 2 heterocycles. The van der Waals surface area contributed by atoms with Gasteiger partial charge in [-0.25, -0.2) is 4.98 Å². The second-order valence-corrected chi connectivity index (χ2v) is 7.02. The third kappa shape index (κ3) is 3.47. The number of hydrogen-bond donors (Lipinski definition) is 0. The van der Waals surface area contributed by atoms with E-state index in [9.17, 15) is 4.79 Å². The Balaban J connectivity index is 1.42. The molecule has 5 nitrogen and oxygen atoms in total. The van der Waals surface area contributed by atoms with Crippen LogP contribution < -0.4 is 0 Å². The van der Waals surface area contributed by atoms with Crippen molar-refractivity contribution in [3.63, 3.8) is 0 Å². The van der Waals surface area contributed by atoms with Gasteiger partial charge in [0.15, 0.2) is 17.8 Å².